The summed E-state index contributed by atoms with van der Waals surface area (Å²) in [7, 11) is 3.75. The molecule has 0 amide bonds. The van der Waals surface area contributed by atoms with E-state index in [4.69, 9.17) is 0 Å². The molecule has 3 rings (SSSR count). The molecule has 1 saturated carbocycles. The van der Waals surface area contributed by atoms with Crippen molar-refractivity contribution in [3.8, 4) is 0 Å². The van der Waals surface area contributed by atoms with Crippen LogP contribution in [0.3, 0.4) is 0 Å². The van der Waals surface area contributed by atoms with E-state index in [1.54, 1.807) is 0 Å². The predicted octanol–water partition coefficient (Wildman–Crippen LogP) is 3.98. The van der Waals surface area contributed by atoms with Crippen LogP contribution in [0, 0.1) is 0 Å². The Morgan fingerprint density at radius 2 is 1.92 bits per heavy atom. The van der Waals surface area contributed by atoms with Crippen molar-refractivity contribution in [1.29, 1.82) is 0 Å². The zero-order chi connectivity index (χ0) is 17.7. The van der Waals surface area contributed by atoms with Crippen molar-refractivity contribution < 1.29 is 0 Å². The number of guanidine groups is 1. The zero-order valence-corrected chi connectivity index (χ0v) is 19.3. The fourth-order valence-electron chi connectivity index (χ4n) is 3.65. The Morgan fingerprint density at radius 1 is 1.23 bits per heavy atom. The average Bonchev–Trinajstić information content (AvgIpc) is 3.25. The first-order valence-electron chi connectivity index (χ1n) is 8.79. The van der Waals surface area contributed by atoms with Crippen LogP contribution < -0.4 is 10.6 Å². The monoisotopic (exact) mass is 531 g/mol. The summed E-state index contributed by atoms with van der Waals surface area (Å²) in [4.78, 5) is 4.37. The average molecular weight is 532 g/mol. The number of aliphatic imine (C=N–C) groups is 1. The van der Waals surface area contributed by atoms with E-state index in [2.05, 4.69) is 60.9 Å². The Labute approximate surface area is 181 Å². The number of hydrogen-bond acceptors (Lipinski definition) is 2. The van der Waals surface area contributed by atoms with E-state index in [1.165, 1.54) is 31.2 Å². The summed E-state index contributed by atoms with van der Waals surface area (Å²) in [5, 5.41) is 11.1. The molecular formula is C19H27BrIN5. The molecule has 142 valence electrons. The summed E-state index contributed by atoms with van der Waals surface area (Å²) in [5.74, 6) is 0.840. The Bertz CT molecular complexity index is 720. The quantitative estimate of drug-likeness (QED) is 0.348. The molecule has 1 aliphatic carbocycles. The Balaban J connectivity index is 0.00000243. The van der Waals surface area contributed by atoms with Crippen LogP contribution in [0.2, 0.25) is 0 Å². The van der Waals surface area contributed by atoms with Gasteiger partial charge in [0.25, 0.3) is 0 Å². The molecule has 0 unspecified atom stereocenters. The molecule has 2 N–H and O–H groups in total. The molecule has 1 heterocycles. The fraction of sp³-hybridized carbons (Fsp3) is 0.474. The Kier molecular flexibility index (Phi) is 7.94. The Hall–Kier alpha value is -1.09. The maximum Gasteiger partial charge on any atom is 0.191 e. The lowest BCUT2D eigenvalue weighted by molar-refractivity contribution is 0.431. The summed E-state index contributed by atoms with van der Waals surface area (Å²) in [5.41, 5.74) is 2.77. The number of aromatic nitrogens is 2. The molecule has 0 saturated heterocycles. The second-order valence-electron chi connectivity index (χ2n) is 6.80. The van der Waals surface area contributed by atoms with Crippen LogP contribution in [0.15, 0.2) is 46.1 Å². The van der Waals surface area contributed by atoms with Crippen LogP contribution in [0.1, 0.15) is 36.8 Å². The van der Waals surface area contributed by atoms with Gasteiger partial charge in [-0.1, -0.05) is 40.9 Å². The molecular weight excluding hydrogens is 505 g/mol. The number of nitrogens with zero attached hydrogens (tertiary/aromatic N) is 3. The molecule has 1 aliphatic rings. The van der Waals surface area contributed by atoms with E-state index in [-0.39, 0.29) is 29.4 Å². The highest BCUT2D eigenvalue weighted by Crippen LogP contribution is 2.40. The van der Waals surface area contributed by atoms with Crippen molar-refractivity contribution in [2.45, 2.75) is 37.6 Å². The van der Waals surface area contributed by atoms with Gasteiger partial charge in [-0.2, -0.15) is 5.10 Å². The molecule has 0 aliphatic heterocycles. The molecule has 5 nitrogen and oxygen atoms in total. The number of rotatable bonds is 5. The molecule has 26 heavy (non-hydrogen) atoms. The van der Waals surface area contributed by atoms with E-state index in [0.717, 1.165) is 29.1 Å². The standard InChI is InChI=1S/C19H26BrN5.HI/c1-21-18(22-11-15-12-24-25(2)13-15)23-14-19(9-3-4-10-19)16-5-7-17(20)8-6-16;/h5-8,12-13H,3-4,9-11,14H2,1-2H3,(H2,21,22,23);1H. The van der Waals surface area contributed by atoms with Crippen molar-refractivity contribution in [3.05, 3.63) is 52.3 Å². The third-order valence-electron chi connectivity index (χ3n) is 5.05. The van der Waals surface area contributed by atoms with Gasteiger partial charge in [0.2, 0.25) is 0 Å². The second-order valence-corrected chi connectivity index (χ2v) is 7.71. The van der Waals surface area contributed by atoms with Crippen LogP contribution in [0.5, 0.6) is 0 Å². The minimum Gasteiger partial charge on any atom is -0.356 e. The van der Waals surface area contributed by atoms with E-state index in [9.17, 15) is 0 Å². The van der Waals surface area contributed by atoms with Crippen molar-refractivity contribution in [3.63, 3.8) is 0 Å². The molecule has 0 radical (unpaired) electrons. The van der Waals surface area contributed by atoms with Gasteiger partial charge >= 0.3 is 0 Å². The van der Waals surface area contributed by atoms with Crippen LogP contribution in [0.25, 0.3) is 0 Å². The summed E-state index contributed by atoms with van der Waals surface area (Å²) < 4.78 is 2.94. The van der Waals surface area contributed by atoms with Gasteiger partial charge in [0.05, 0.1) is 6.20 Å². The first kappa shape index (κ1) is 21.2. The SMILES string of the molecule is CN=C(NCc1cnn(C)c1)NCC1(c2ccc(Br)cc2)CCCC1.I. The topological polar surface area (TPSA) is 54.2 Å². The Morgan fingerprint density at radius 3 is 2.50 bits per heavy atom. The second kappa shape index (κ2) is 9.73. The molecule has 1 aromatic carbocycles. The van der Waals surface area contributed by atoms with Crippen LogP contribution in [0.4, 0.5) is 0 Å². The lowest BCUT2D eigenvalue weighted by Gasteiger charge is -2.31. The van der Waals surface area contributed by atoms with Gasteiger partial charge in [-0.05, 0) is 30.5 Å². The lowest BCUT2D eigenvalue weighted by Crippen LogP contribution is -2.44. The minimum absolute atomic E-state index is 0. The van der Waals surface area contributed by atoms with Gasteiger partial charge in [0, 0.05) is 48.8 Å². The number of aryl methyl sites for hydroxylation is 1. The van der Waals surface area contributed by atoms with E-state index in [1.807, 2.05) is 31.2 Å². The summed E-state index contributed by atoms with van der Waals surface area (Å²) in [6.07, 6.45) is 8.92. The van der Waals surface area contributed by atoms with Crippen molar-refractivity contribution in [1.82, 2.24) is 20.4 Å². The molecule has 0 atom stereocenters. The van der Waals surface area contributed by atoms with E-state index < -0.39 is 0 Å². The van der Waals surface area contributed by atoms with E-state index in [0.29, 0.717) is 0 Å². The predicted molar refractivity (Wildman–Crippen MR) is 121 cm³/mol. The first-order chi connectivity index (χ1) is 12.1. The normalized spacial score (nSPS) is 16.2. The largest absolute Gasteiger partial charge is 0.356 e. The molecule has 2 aromatic rings. The number of nitrogens with one attached hydrogen (secondary N) is 2. The van der Waals surface area contributed by atoms with Crippen molar-refractivity contribution in [2.75, 3.05) is 13.6 Å². The smallest absolute Gasteiger partial charge is 0.191 e. The van der Waals surface area contributed by atoms with Gasteiger partial charge in [0.1, 0.15) is 0 Å². The van der Waals surface area contributed by atoms with Crippen LogP contribution in [-0.2, 0) is 19.0 Å². The van der Waals surface area contributed by atoms with E-state index >= 15 is 0 Å². The molecule has 0 bridgehead atoms. The van der Waals surface area contributed by atoms with Gasteiger partial charge in [-0.15, -0.1) is 24.0 Å². The van der Waals surface area contributed by atoms with Gasteiger partial charge in [0.15, 0.2) is 5.96 Å². The highest BCUT2D eigenvalue weighted by Gasteiger charge is 2.35. The van der Waals surface area contributed by atoms with Crippen LogP contribution >= 0.6 is 39.9 Å². The molecule has 7 heteroatoms. The van der Waals surface area contributed by atoms with Gasteiger partial charge in [-0.25, -0.2) is 0 Å². The highest BCUT2D eigenvalue weighted by molar-refractivity contribution is 14.0. The third-order valence-corrected chi connectivity index (χ3v) is 5.58. The third kappa shape index (κ3) is 5.22. The van der Waals surface area contributed by atoms with Gasteiger partial charge < -0.3 is 10.6 Å². The minimum atomic E-state index is 0. The molecule has 1 fully saturated rings. The summed E-state index contributed by atoms with van der Waals surface area (Å²) in [6.45, 7) is 1.63. The maximum absolute atomic E-state index is 4.37. The molecule has 0 spiro atoms. The fourth-order valence-corrected chi connectivity index (χ4v) is 3.91. The summed E-state index contributed by atoms with van der Waals surface area (Å²) in [6, 6.07) is 8.79. The number of benzene rings is 1. The maximum atomic E-state index is 4.37. The first-order valence-corrected chi connectivity index (χ1v) is 9.59. The van der Waals surface area contributed by atoms with Crippen LogP contribution in [-0.4, -0.2) is 29.3 Å². The van der Waals surface area contributed by atoms with Crippen molar-refractivity contribution >= 4 is 45.9 Å². The molecule has 1 aromatic heterocycles. The van der Waals surface area contributed by atoms with Gasteiger partial charge in [-0.3, -0.25) is 9.67 Å². The van der Waals surface area contributed by atoms with Crippen molar-refractivity contribution in [2.24, 2.45) is 12.0 Å². The number of halogens is 2. The zero-order valence-electron chi connectivity index (χ0n) is 15.3. The number of hydrogen-bond donors (Lipinski definition) is 2. The summed E-state index contributed by atoms with van der Waals surface area (Å²) >= 11 is 3.54. The highest BCUT2D eigenvalue weighted by atomic mass is 127. The lowest BCUT2D eigenvalue weighted by atomic mass is 9.79.